The summed E-state index contributed by atoms with van der Waals surface area (Å²) in [6, 6.07) is 0. The summed E-state index contributed by atoms with van der Waals surface area (Å²) < 4.78 is 1.84. The van der Waals surface area contributed by atoms with Crippen molar-refractivity contribution in [1.29, 1.82) is 0 Å². The summed E-state index contributed by atoms with van der Waals surface area (Å²) >= 11 is 0. The lowest BCUT2D eigenvalue weighted by molar-refractivity contribution is -0.147. The first-order valence-corrected chi connectivity index (χ1v) is 5.87. The number of carboxylic acid groups (broad SMARTS) is 1. The van der Waals surface area contributed by atoms with Gasteiger partial charge in [0.1, 0.15) is 12.2 Å². The quantitative estimate of drug-likeness (QED) is 0.831. The van der Waals surface area contributed by atoms with Gasteiger partial charge < -0.3 is 5.11 Å². The number of aliphatic carboxylic acids is 1. The maximum atomic E-state index is 11.1. The van der Waals surface area contributed by atoms with Gasteiger partial charge in [0.15, 0.2) is 0 Å². The molecule has 94 valence electrons. The van der Waals surface area contributed by atoms with Crippen molar-refractivity contribution in [3.63, 3.8) is 0 Å². The third-order valence-corrected chi connectivity index (χ3v) is 3.43. The molecule has 2 rings (SSSR count). The van der Waals surface area contributed by atoms with Crippen molar-refractivity contribution in [3.8, 4) is 0 Å². The Hall–Kier alpha value is -1.43. The smallest absolute Gasteiger partial charge is 0.310 e. The van der Waals surface area contributed by atoms with Crippen molar-refractivity contribution in [3.05, 3.63) is 12.2 Å². The van der Waals surface area contributed by atoms with Crippen LogP contribution in [-0.4, -0.2) is 43.8 Å². The van der Waals surface area contributed by atoms with Crippen molar-refractivity contribution >= 4 is 5.97 Å². The average Bonchev–Trinajstić information content (AvgIpc) is 2.87. The Morgan fingerprint density at radius 3 is 3.00 bits per heavy atom. The molecule has 0 aromatic carbocycles. The van der Waals surface area contributed by atoms with Gasteiger partial charge in [0.2, 0.25) is 0 Å². The van der Waals surface area contributed by atoms with Gasteiger partial charge in [-0.25, -0.2) is 9.67 Å². The lowest BCUT2D eigenvalue weighted by Crippen LogP contribution is -2.32. The molecule has 1 aliphatic rings. The SMILES string of the molecule is CCn1ncnc1CN1CCC(C)(C(=O)O)C1. The number of aromatic nitrogens is 3. The lowest BCUT2D eigenvalue weighted by Gasteiger charge is -2.19. The molecule has 1 aromatic rings. The van der Waals surface area contributed by atoms with Crippen LogP contribution < -0.4 is 0 Å². The molecule has 6 nitrogen and oxygen atoms in total. The molecule has 0 amide bonds. The van der Waals surface area contributed by atoms with E-state index >= 15 is 0 Å². The minimum atomic E-state index is -0.711. The molecule has 1 N–H and O–H groups in total. The van der Waals surface area contributed by atoms with Crippen LogP contribution in [0.3, 0.4) is 0 Å². The zero-order valence-corrected chi connectivity index (χ0v) is 10.3. The Kier molecular flexibility index (Phi) is 3.15. The molecule has 1 unspecified atom stereocenters. The van der Waals surface area contributed by atoms with Crippen LogP contribution in [0.2, 0.25) is 0 Å². The largest absolute Gasteiger partial charge is 0.481 e. The van der Waals surface area contributed by atoms with Crippen molar-refractivity contribution < 1.29 is 9.90 Å². The van der Waals surface area contributed by atoms with Crippen LogP contribution in [0.1, 0.15) is 26.1 Å². The van der Waals surface area contributed by atoms with E-state index in [1.165, 1.54) is 0 Å². The van der Waals surface area contributed by atoms with Gasteiger partial charge in [-0.3, -0.25) is 9.69 Å². The van der Waals surface area contributed by atoms with E-state index in [1.54, 1.807) is 13.3 Å². The van der Waals surface area contributed by atoms with Crippen molar-refractivity contribution in [2.45, 2.75) is 33.4 Å². The monoisotopic (exact) mass is 238 g/mol. The van der Waals surface area contributed by atoms with Crippen LogP contribution in [0.25, 0.3) is 0 Å². The molecule has 0 bridgehead atoms. The van der Waals surface area contributed by atoms with Gasteiger partial charge in [-0.2, -0.15) is 5.10 Å². The molecular formula is C11H18N4O2. The molecule has 17 heavy (non-hydrogen) atoms. The Bertz CT molecular complexity index is 417. The third-order valence-electron chi connectivity index (χ3n) is 3.43. The number of hydrogen-bond donors (Lipinski definition) is 1. The number of aryl methyl sites for hydroxylation is 1. The first-order chi connectivity index (χ1) is 8.05. The molecule has 1 aromatic heterocycles. The van der Waals surface area contributed by atoms with Gasteiger partial charge in [-0.15, -0.1) is 0 Å². The van der Waals surface area contributed by atoms with E-state index < -0.39 is 11.4 Å². The Morgan fingerprint density at radius 1 is 1.65 bits per heavy atom. The van der Waals surface area contributed by atoms with Gasteiger partial charge in [0.05, 0.1) is 12.0 Å². The maximum absolute atomic E-state index is 11.1. The first kappa shape index (κ1) is 12.0. The summed E-state index contributed by atoms with van der Waals surface area (Å²) in [6.07, 6.45) is 2.24. The highest BCUT2D eigenvalue weighted by molar-refractivity contribution is 5.74. The van der Waals surface area contributed by atoms with E-state index in [2.05, 4.69) is 15.0 Å². The highest BCUT2D eigenvalue weighted by atomic mass is 16.4. The summed E-state index contributed by atoms with van der Waals surface area (Å²) in [4.78, 5) is 17.5. The third kappa shape index (κ3) is 2.31. The Morgan fingerprint density at radius 2 is 2.41 bits per heavy atom. The molecule has 6 heteroatoms. The molecule has 1 fully saturated rings. The molecule has 1 saturated heterocycles. The summed E-state index contributed by atoms with van der Waals surface area (Å²) in [6.45, 7) is 6.68. The summed E-state index contributed by atoms with van der Waals surface area (Å²) in [5.41, 5.74) is -0.614. The average molecular weight is 238 g/mol. The second-order valence-electron chi connectivity index (χ2n) is 4.82. The number of carboxylic acids is 1. The summed E-state index contributed by atoms with van der Waals surface area (Å²) in [5.74, 6) is 0.194. The zero-order chi connectivity index (χ0) is 12.5. The van der Waals surface area contributed by atoms with Gasteiger partial charge in [0, 0.05) is 13.1 Å². The first-order valence-electron chi connectivity index (χ1n) is 5.87. The molecule has 0 spiro atoms. The molecule has 2 heterocycles. The fraction of sp³-hybridized carbons (Fsp3) is 0.727. The van der Waals surface area contributed by atoms with Crippen LogP contribution in [0.15, 0.2) is 6.33 Å². The number of hydrogen-bond acceptors (Lipinski definition) is 4. The molecule has 0 saturated carbocycles. The fourth-order valence-electron chi connectivity index (χ4n) is 2.24. The van der Waals surface area contributed by atoms with E-state index in [0.29, 0.717) is 19.5 Å². The summed E-state index contributed by atoms with van der Waals surface area (Å²) in [5, 5.41) is 13.3. The number of nitrogens with zero attached hydrogens (tertiary/aromatic N) is 4. The predicted molar refractivity (Wildman–Crippen MR) is 61.3 cm³/mol. The molecule has 0 radical (unpaired) electrons. The van der Waals surface area contributed by atoms with Crippen molar-refractivity contribution in [1.82, 2.24) is 19.7 Å². The normalized spacial score (nSPS) is 25.3. The Labute approximate surface area is 100 Å². The van der Waals surface area contributed by atoms with E-state index in [1.807, 2.05) is 11.6 Å². The zero-order valence-electron chi connectivity index (χ0n) is 10.3. The van der Waals surface area contributed by atoms with E-state index in [4.69, 9.17) is 5.11 Å². The van der Waals surface area contributed by atoms with E-state index in [9.17, 15) is 4.79 Å². The van der Waals surface area contributed by atoms with Crippen LogP contribution in [-0.2, 0) is 17.9 Å². The molecule has 1 aliphatic heterocycles. The van der Waals surface area contributed by atoms with Gasteiger partial charge in [0.25, 0.3) is 0 Å². The van der Waals surface area contributed by atoms with Crippen LogP contribution >= 0.6 is 0 Å². The maximum Gasteiger partial charge on any atom is 0.310 e. The second kappa shape index (κ2) is 4.44. The van der Waals surface area contributed by atoms with E-state index in [0.717, 1.165) is 18.9 Å². The van der Waals surface area contributed by atoms with E-state index in [-0.39, 0.29) is 0 Å². The number of rotatable bonds is 4. The minimum absolute atomic E-state index is 0.582. The van der Waals surface area contributed by atoms with Crippen molar-refractivity contribution in [2.75, 3.05) is 13.1 Å². The van der Waals surface area contributed by atoms with Gasteiger partial charge in [-0.1, -0.05) is 0 Å². The Balaban J connectivity index is 2.01. The van der Waals surface area contributed by atoms with Gasteiger partial charge in [-0.05, 0) is 26.8 Å². The van der Waals surface area contributed by atoms with Crippen LogP contribution in [0.5, 0.6) is 0 Å². The number of likely N-dealkylation sites (tertiary alicyclic amines) is 1. The minimum Gasteiger partial charge on any atom is -0.481 e. The van der Waals surface area contributed by atoms with Gasteiger partial charge >= 0.3 is 5.97 Å². The topological polar surface area (TPSA) is 71.2 Å². The highest BCUT2D eigenvalue weighted by Crippen LogP contribution is 2.30. The van der Waals surface area contributed by atoms with Crippen LogP contribution in [0, 0.1) is 5.41 Å². The van der Waals surface area contributed by atoms with Crippen LogP contribution in [0.4, 0.5) is 0 Å². The standard InChI is InChI=1S/C11H18N4O2/c1-3-15-9(12-8-13-15)6-14-5-4-11(2,7-14)10(16)17/h8H,3-7H2,1-2H3,(H,16,17). The summed E-state index contributed by atoms with van der Waals surface area (Å²) in [7, 11) is 0. The molecular weight excluding hydrogens is 220 g/mol. The molecule has 1 atom stereocenters. The fourth-order valence-corrected chi connectivity index (χ4v) is 2.24. The molecule has 0 aliphatic carbocycles. The lowest BCUT2D eigenvalue weighted by atomic mass is 9.90. The second-order valence-corrected chi connectivity index (χ2v) is 4.82. The number of carbonyl (C=O) groups is 1. The van der Waals surface area contributed by atoms with Crippen molar-refractivity contribution in [2.24, 2.45) is 5.41 Å². The highest BCUT2D eigenvalue weighted by Gasteiger charge is 2.40. The predicted octanol–water partition coefficient (Wildman–Crippen LogP) is 0.595.